The van der Waals surface area contributed by atoms with Gasteiger partial charge in [0.2, 0.25) is 0 Å². The van der Waals surface area contributed by atoms with E-state index in [1.165, 1.54) is 11.3 Å². The number of nitrogens with two attached hydrogens (primary N) is 1. The molecule has 3 rings (SSSR count). The van der Waals surface area contributed by atoms with Crippen molar-refractivity contribution in [2.75, 3.05) is 6.61 Å². The summed E-state index contributed by atoms with van der Waals surface area (Å²) in [6, 6.07) is 15.9. The molecule has 0 spiro atoms. The molecule has 0 saturated carbocycles. The second-order valence-electron chi connectivity index (χ2n) is 6.44. The fraction of sp³-hybridized carbons (Fsp3) is 0.200. The minimum atomic E-state index is -1.05. The first-order chi connectivity index (χ1) is 13.4. The molecule has 3 aromatic rings. The molecule has 28 heavy (non-hydrogen) atoms. The van der Waals surface area contributed by atoms with Gasteiger partial charge in [-0.3, -0.25) is 14.9 Å². The highest BCUT2D eigenvalue weighted by Crippen LogP contribution is 2.33. The van der Waals surface area contributed by atoms with Gasteiger partial charge in [0.05, 0.1) is 20.6 Å². The second-order valence-corrected chi connectivity index (χ2v) is 7.55. The lowest BCUT2D eigenvalue weighted by Crippen LogP contribution is -2.41. The highest BCUT2D eigenvalue weighted by Gasteiger charge is 2.38. The summed E-state index contributed by atoms with van der Waals surface area (Å²) in [5.41, 5.74) is 5.46. The average Bonchev–Trinajstić information content (AvgIpc) is 3.08. The zero-order valence-electron chi connectivity index (χ0n) is 15.2. The third-order valence-electron chi connectivity index (χ3n) is 4.30. The number of benzene rings is 2. The van der Waals surface area contributed by atoms with E-state index < -0.39 is 29.9 Å². The lowest BCUT2D eigenvalue weighted by atomic mass is 9.79. The molecular weight excluding hydrogens is 378 g/mol. The Hall–Kier alpha value is -3.26. The average molecular weight is 397 g/mol. The molecule has 1 atom stereocenters. The van der Waals surface area contributed by atoms with Crippen LogP contribution in [0.4, 0.5) is 4.79 Å². The van der Waals surface area contributed by atoms with Crippen molar-refractivity contribution in [2.45, 2.75) is 18.8 Å². The normalized spacial score (nSPS) is 12.9. The Morgan fingerprint density at radius 1 is 1.11 bits per heavy atom. The van der Waals surface area contributed by atoms with Crippen molar-refractivity contribution in [3.63, 3.8) is 0 Å². The monoisotopic (exact) mass is 397 g/mol. The molecule has 0 radical (unpaired) electrons. The van der Waals surface area contributed by atoms with E-state index >= 15 is 0 Å². The van der Waals surface area contributed by atoms with E-state index in [1.54, 1.807) is 6.92 Å². The first-order valence-electron chi connectivity index (χ1n) is 8.55. The van der Waals surface area contributed by atoms with Crippen LogP contribution in [0.15, 0.2) is 54.6 Å². The standard InChI is InChI=1S/C20H19N3O4S/c1-20(13-7-3-2-4-8-13,18(25)27-12-16(24)23-19(21)26)11-17-22-14-9-5-6-10-15(14)28-17/h2-10H,11-12H2,1H3,(H3,21,23,24,26)/t20-/m0/s1. The number of amides is 3. The third kappa shape index (κ3) is 4.34. The molecule has 0 bridgehead atoms. The first-order valence-corrected chi connectivity index (χ1v) is 9.36. The molecule has 8 heteroatoms. The molecular formula is C20H19N3O4S. The summed E-state index contributed by atoms with van der Waals surface area (Å²) in [5.74, 6) is -1.37. The molecule has 7 nitrogen and oxygen atoms in total. The summed E-state index contributed by atoms with van der Waals surface area (Å²) in [7, 11) is 0. The maximum atomic E-state index is 12.9. The number of hydrogen-bond donors (Lipinski definition) is 2. The van der Waals surface area contributed by atoms with Crippen molar-refractivity contribution in [1.29, 1.82) is 0 Å². The lowest BCUT2D eigenvalue weighted by molar-refractivity contribution is -0.153. The number of carbonyl (C=O) groups is 3. The van der Waals surface area contributed by atoms with Crippen LogP contribution in [0.1, 0.15) is 17.5 Å². The Kier molecular flexibility index (Phi) is 5.70. The van der Waals surface area contributed by atoms with Crippen molar-refractivity contribution in [2.24, 2.45) is 5.73 Å². The molecule has 3 amide bonds. The molecule has 0 saturated heterocycles. The number of imide groups is 1. The van der Waals surface area contributed by atoms with Crippen LogP contribution in [0.2, 0.25) is 0 Å². The smallest absolute Gasteiger partial charge is 0.318 e. The van der Waals surface area contributed by atoms with E-state index in [0.717, 1.165) is 20.8 Å². The van der Waals surface area contributed by atoms with Gasteiger partial charge in [-0.25, -0.2) is 9.78 Å². The Bertz CT molecular complexity index is 985. The number of primary amides is 1. The summed E-state index contributed by atoms with van der Waals surface area (Å²) < 4.78 is 6.22. The van der Waals surface area contributed by atoms with Gasteiger partial charge in [0.1, 0.15) is 0 Å². The zero-order valence-corrected chi connectivity index (χ0v) is 16.0. The van der Waals surface area contributed by atoms with Crippen LogP contribution in [-0.4, -0.2) is 29.5 Å². The molecule has 144 valence electrons. The highest BCUT2D eigenvalue weighted by atomic mass is 32.1. The van der Waals surface area contributed by atoms with E-state index in [9.17, 15) is 14.4 Å². The van der Waals surface area contributed by atoms with Crippen LogP contribution in [0.5, 0.6) is 0 Å². The number of ether oxygens (including phenoxy) is 1. The van der Waals surface area contributed by atoms with E-state index in [-0.39, 0.29) is 0 Å². The van der Waals surface area contributed by atoms with Gasteiger partial charge < -0.3 is 10.5 Å². The van der Waals surface area contributed by atoms with Gasteiger partial charge in [0.15, 0.2) is 6.61 Å². The summed E-state index contributed by atoms with van der Waals surface area (Å²) in [4.78, 5) is 39.9. The van der Waals surface area contributed by atoms with Crippen LogP contribution < -0.4 is 11.1 Å². The number of thiazole rings is 1. The number of esters is 1. The summed E-state index contributed by atoms with van der Waals surface area (Å²) >= 11 is 1.51. The van der Waals surface area contributed by atoms with Gasteiger partial charge in [-0.1, -0.05) is 42.5 Å². The van der Waals surface area contributed by atoms with Crippen molar-refractivity contribution in [3.8, 4) is 0 Å². The molecule has 0 unspecified atom stereocenters. The Labute approximate surface area is 165 Å². The van der Waals surface area contributed by atoms with Crippen molar-refractivity contribution >= 4 is 39.5 Å². The topological polar surface area (TPSA) is 111 Å². The number of urea groups is 1. The number of fused-ring (bicyclic) bond motifs is 1. The van der Waals surface area contributed by atoms with Gasteiger partial charge in [0, 0.05) is 6.42 Å². The molecule has 1 aromatic heterocycles. The van der Waals surface area contributed by atoms with Gasteiger partial charge in [-0.2, -0.15) is 0 Å². The number of nitrogens with one attached hydrogen (secondary N) is 1. The Morgan fingerprint density at radius 3 is 2.46 bits per heavy atom. The molecule has 3 N–H and O–H groups in total. The molecule has 2 aromatic carbocycles. The largest absolute Gasteiger partial charge is 0.455 e. The minimum absolute atomic E-state index is 0.312. The summed E-state index contributed by atoms with van der Waals surface area (Å²) in [6.07, 6.45) is 0.312. The van der Waals surface area contributed by atoms with Crippen LogP contribution in [0.3, 0.4) is 0 Å². The molecule has 0 aliphatic rings. The maximum Gasteiger partial charge on any atom is 0.318 e. The highest BCUT2D eigenvalue weighted by molar-refractivity contribution is 7.18. The quantitative estimate of drug-likeness (QED) is 0.621. The van der Waals surface area contributed by atoms with Crippen LogP contribution >= 0.6 is 11.3 Å². The fourth-order valence-corrected chi connectivity index (χ4v) is 3.98. The second kappa shape index (κ2) is 8.18. The molecule has 0 fully saturated rings. The van der Waals surface area contributed by atoms with Crippen LogP contribution in [0, 0.1) is 0 Å². The summed E-state index contributed by atoms with van der Waals surface area (Å²) in [5, 5.41) is 2.65. The van der Waals surface area contributed by atoms with E-state index in [4.69, 9.17) is 10.5 Å². The number of nitrogens with zero attached hydrogens (tertiary/aromatic N) is 1. The molecule has 0 aliphatic heterocycles. The van der Waals surface area contributed by atoms with Gasteiger partial charge >= 0.3 is 12.0 Å². The minimum Gasteiger partial charge on any atom is -0.455 e. The number of aromatic nitrogens is 1. The number of hydrogen-bond acceptors (Lipinski definition) is 6. The first kappa shape index (κ1) is 19.5. The number of carbonyl (C=O) groups excluding carboxylic acids is 3. The predicted octanol–water partition coefficient (Wildman–Crippen LogP) is 2.53. The predicted molar refractivity (Wildman–Crippen MR) is 106 cm³/mol. The Morgan fingerprint density at radius 2 is 1.79 bits per heavy atom. The van der Waals surface area contributed by atoms with Crippen molar-refractivity contribution < 1.29 is 19.1 Å². The van der Waals surface area contributed by atoms with Crippen LogP contribution in [0.25, 0.3) is 10.2 Å². The van der Waals surface area contributed by atoms with Gasteiger partial charge in [-0.15, -0.1) is 11.3 Å². The third-order valence-corrected chi connectivity index (χ3v) is 5.34. The SMILES string of the molecule is C[C@@](Cc1nc2ccccc2s1)(C(=O)OCC(=O)NC(N)=O)c1ccccc1. The van der Waals surface area contributed by atoms with Crippen molar-refractivity contribution in [1.82, 2.24) is 10.3 Å². The fourth-order valence-electron chi connectivity index (χ4n) is 2.86. The number of rotatable bonds is 6. The van der Waals surface area contributed by atoms with Gasteiger partial charge in [-0.05, 0) is 24.6 Å². The van der Waals surface area contributed by atoms with E-state index in [1.807, 2.05) is 59.9 Å². The summed E-state index contributed by atoms with van der Waals surface area (Å²) in [6.45, 7) is 1.16. The zero-order chi connectivity index (χ0) is 20.1. The molecule has 1 heterocycles. The molecule has 0 aliphatic carbocycles. The lowest BCUT2D eigenvalue weighted by Gasteiger charge is -2.27. The van der Waals surface area contributed by atoms with E-state index in [2.05, 4.69) is 4.98 Å². The number of para-hydroxylation sites is 1. The van der Waals surface area contributed by atoms with Crippen LogP contribution in [-0.2, 0) is 26.2 Å². The van der Waals surface area contributed by atoms with E-state index in [0.29, 0.717) is 6.42 Å². The Balaban J connectivity index is 1.86. The maximum absolute atomic E-state index is 12.9. The van der Waals surface area contributed by atoms with Gasteiger partial charge in [0.25, 0.3) is 5.91 Å². The van der Waals surface area contributed by atoms with Crippen molar-refractivity contribution in [3.05, 3.63) is 65.2 Å².